The van der Waals surface area contributed by atoms with Crippen LogP contribution >= 0.6 is 0 Å². The molecule has 0 radical (unpaired) electrons. The molecule has 2 nitrogen and oxygen atoms in total. The number of rotatable bonds is 3. The Hall–Kier alpha value is -0.340. The van der Waals surface area contributed by atoms with E-state index in [1.54, 1.807) is 0 Å². The van der Waals surface area contributed by atoms with E-state index in [1.165, 1.54) is 51.7 Å². The summed E-state index contributed by atoms with van der Waals surface area (Å²) in [5, 5.41) is 3.79. The highest BCUT2D eigenvalue weighted by atomic mass is 15.2. The zero-order chi connectivity index (χ0) is 11.4. The van der Waals surface area contributed by atoms with Crippen molar-refractivity contribution in [3.8, 4) is 0 Å². The average molecular weight is 222 g/mol. The van der Waals surface area contributed by atoms with E-state index >= 15 is 0 Å². The van der Waals surface area contributed by atoms with E-state index in [0.29, 0.717) is 11.6 Å². The van der Waals surface area contributed by atoms with Gasteiger partial charge in [0.05, 0.1) is 0 Å². The van der Waals surface area contributed by atoms with Crippen molar-refractivity contribution in [3.63, 3.8) is 0 Å². The van der Waals surface area contributed by atoms with Crippen molar-refractivity contribution in [2.45, 2.75) is 57.0 Å². The van der Waals surface area contributed by atoms with Gasteiger partial charge in [-0.05, 0) is 26.2 Å². The third-order valence-corrected chi connectivity index (χ3v) is 4.35. The first-order chi connectivity index (χ1) is 7.76. The molecule has 1 aliphatic carbocycles. The molecule has 0 amide bonds. The topological polar surface area (TPSA) is 15.3 Å². The van der Waals surface area contributed by atoms with Crippen LogP contribution in [0, 0.1) is 0 Å². The predicted molar refractivity (Wildman–Crippen MR) is 69.7 cm³/mol. The van der Waals surface area contributed by atoms with Crippen LogP contribution in [-0.4, -0.2) is 36.1 Å². The Bertz CT molecular complexity index is 225. The number of nitrogens with one attached hydrogen (secondary N) is 1. The highest BCUT2D eigenvalue weighted by molar-refractivity contribution is 4.98. The summed E-state index contributed by atoms with van der Waals surface area (Å²) in [5.74, 6) is 0. The normalized spacial score (nSPS) is 27.8. The molecule has 1 atom stereocenters. The van der Waals surface area contributed by atoms with Crippen LogP contribution in [0.5, 0.6) is 0 Å². The summed E-state index contributed by atoms with van der Waals surface area (Å²) in [6.45, 7) is 9.82. The van der Waals surface area contributed by atoms with Crippen LogP contribution in [0.4, 0.5) is 0 Å². The lowest BCUT2D eigenvalue weighted by Gasteiger charge is -2.48. The Labute approximate surface area is 100 Å². The second-order valence-corrected chi connectivity index (χ2v) is 5.61. The van der Waals surface area contributed by atoms with E-state index in [0.717, 1.165) is 6.42 Å². The fraction of sp³-hybridized carbons (Fsp3) is 0.857. The Kier molecular flexibility index (Phi) is 4.04. The highest BCUT2D eigenvalue weighted by Crippen LogP contribution is 2.31. The first kappa shape index (κ1) is 12.1. The molecule has 1 unspecified atom stereocenters. The maximum absolute atomic E-state index is 3.86. The Balaban J connectivity index is 1.94. The van der Waals surface area contributed by atoms with E-state index in [2.05, 4.69) is 29.8 Å². The fourth-order valence-corrected chi connectivity index (χ4v) is 3.32. The molecule has 1 spiro atoms. The standard InChI is InChI=1S/C14H26N2/c1-3-7-13(2)16-11-10-15-14(12-16)8-5-4-6-9-14/h3,13,15H,1,4-12H2,2H3. The van der Waals surface area contributed by atoms with Gasteiger partial charge < -0.3 is 5.32 Å². The lowest BCUT2D eigenvalue weighted by Crippen LogP contribution is -2.62. The molecule has 1 saturated carbocycles. The summed E-state index contributed by atoms with van der Waals surface area (Å²) in [7, 11) is 0. The maximum atomic E-state index is 3.86. The third kappa shape index (κ3) is 2.67. The van der Waals surface area contributed by atoms with E-state index in [1.807, 2.05) is 0 Å². The van der Waals surface area contributed by atoms with E-state index < -0.39 is 0 Å². The van der Waals surface area contributed by atoms with Crippen LogP contribution in [0.25, 0.3) is 0 Å². The molecule has 1 aliphatic heterocycles. The van der Waals surface area contributed by atoms with Gasteiger partial charge in [-0.15, -0.1) is 6.58 Å². The van der Waals surface area contributed by atoms with E-state index in [9.17, 15) is 0 Å². The maximum Gasteiger partial charge on any atom is 0.0309 e. The molecule has 16 heavy (non-hydrogen) atoms. The Morgan fingerprint density at radius 2 is 2.12 bits per heavy atom. The van der Waals surface area contributed by atoms with Crippen molar-refractivity contribution >= 4 is 0 Å². The first-order valence-corrected chi connectivity index (χ1v) is 6.86. The molecule has 1 N–H and O–H groups in total. The summed E-state index contributed by atoms with van der Waals surface area (Å²) in [6.07, 6.45) is 10.2. The predicted octanol–water partition coefficient (Wildman–Crippen LogP) is 2.56. The quantitative estimate of drug-likeness (QED) is 0.738. The number of piperazine rings is 1. The van der Waals surface area contributed by atoms with E-state index in [4.69, 9.17) is 0 Å². The molecule has 0 aromatic rings. The number of hydrogen-bond donors (Lipinski definition) is 1. The van der Waals surface area contributed by atoms with Crippen LogP contribution < -0.4 is 5.32 Å². The van der Waals surface area contributed by atoms with Crippen LogP contribution in [0.1, 0.15) is 45.4 Å². The van der Waals surface area contributed by atoms with Gasteiger partial charge in [-0.1, -0.05) is 25.3 Å². The SMILES string of the molecule is C=CCC(C)N1CCNC2(CCCCC2)C1. The van der Waals surface area contributed by atoms with Crippen molar-refractivity contribution in [1.82, 2.24) is 10.2 Å². The molecule has 2 fully saturated rings. The lowest BCUT2D eigenvalue weighted by molar-refractivity contribution is 0.0740. The van der Waals surface area contributed by atoms with E-state index in [-0.39, 0.29) is 0 Å². The minimum Gasteiger partial charge on any atom is -0.309 e. The van der Waals surface area contributed by atoms with Crippen molar-refractivity contribution in [2.75, 3.05) is 19.6 Å². The van der Waals surface area contributed by atoms with Crippen molar-refractivity contribution in [3.05, 3.63) is 12.7 Å². The summed E-state index contributed by atoms with van der Waals surface area (Å²) in [4.78, 5) is 2.66. The van der Waals surface area contributed by atoms with Crippen molar-refractivity contribution in [1.29, 1.82) is 0 Å². The third-order valence-electron chi connectivity index (χ3n) is 4.35. The summed E-state index contributed by atoms with van der Waals surface area (Å²) < 4.78 is 0. The zero-order valence-corrected chi connectivity index (χ0v) is 10.7. The van der Waals surface area contributed by atoms with Crippen LogP contribution in [0.3, 0.4) is 0 Å². The molecule has 1 saturated heterocycles. The summed E-state index contributed by atoms with van der Waals surface area (Å²) >= 11 is 0. The van der Waals surface area contributed by atoms with Gasteiger partial charge in [0.25, 0.3) is 0 Å². The van der Waals surface area contributed by atoms with Crippen molar-refractivity contribution in [2.24, 2.45) is 0 Å². The summed E-state index contributed by atoms with van der Waals surface area (Å²) in [5.41, 5.74) is 0.450. The van der Waals surface area contributed by atoms with Crippen molar-refractivity contribution < 1.29 is 0 Å². The monoisotopic (exact) mass is 222 g/mol. The van der Waals surface area contributed by atoms with Gasteiger partial charge in [0.1, 0.15) is 0 Å². The van der Waals surface area contributed by atoms with Crippen LogP contribution in [0.2, 0.25) is 0 Å². The largest absolute Gasteiger partial charge is 0.309 e. The first-order valence-electron chi connectivity index (χ1n) is 6.86. The smallest absolute Gasteiger partial charge is 0.0309 e. The fourth-order valence-electron chi connectivity index (χ4n) is 3.32. The summed E-state index contributed by atoms with van der Waals surface area (Å²) in [6, 6.07) is 0.665. The van der Waals surface area contributed by atoms with Gasteiger partial charge in [0.15, 0.2) is 0 Å². The average Bonchev–Trinajstić information content (AvgIpc) is 2.30. The molecule has 2 aliphatic rings. The molecule has 0 aromatic heterocycles. The Morgan fingerprint density at radius 3 is 2.81 bits per heavy atom. The lowest BCUT2D eigenvalue weighted by atomic mass is 9.80. The van der Waals surface area contributed by atoms with Crippen LogP contribution in [-0.2, 0) is 0 Å². The minimum absolute atomic E-state index is 0.450. The second-order valence-electron chi connectivity index (χ2n) is 5.61. The Morgan fingerprint density at radius 1 is 1.38 bits per heavy atom. The highest BCUT2D eigenvalue weighted by Gasteiger charge is 2.36. The molecule has 0 aromatic carbocycles. The number of nitrogens with zero attached hydrogens (tertiary/aromatic N) is 1. The molecule has 2 rings (SSSR count). The van der Waals surface area contributed by atoms with Gasteiger partial charge in [0, 0.05) is 31.2 Å². The molecular weight excluding hydrogens is 196 g/mol. The zero-order valence-electron chi connectivity index (χ0n) is 10.7. The second kappa shape index (κ2) is 5.33. The van der Waals surface area contributed by atoms with Gasteiger partial charge in [0.2, 0.25) is 0 Å². The molecule has 0 bridgehead atoms. The van der Waals surface area contributed by atoms with Crippen LogP contribution in [0.15, 0.2) is 12.7 Å². The van der Waals surface area contributed by atoms with Gasteiger partial charge in [-0.2, -0.15) is 0 Å². The molecule has 92 valence electrons. The molecule has 1 heterocycles. The van der Waals surface area contributed by atoms with Gasteiger partial charge in [-0.25, -0.2) is 0 Å². The molecule has 2 heteroatoms. The minimum atomic E-state index is 0.450. The molecular formula is C14H26N2. The van der Waals surface area contributed by atoms with Gasteiger partial charge >= 0.3 is 0 Å². The number of hydrogen-bond acceptors (Lipinski definition) is 2. The van der Waals surface area contributed by atoms with Gasteiger partial charge in [-0.3, -0.25) is 4.90 Å².